The van der Waals surface area contributed by atoms with Crippen molar-refractivity contribution < 1.29 is 23.9 Å². The molecule has 1 aliphatic heterocycles. The summed E-state index contributed by atoms with van der Waals surface area (Å²) in [7, 11) is 1.59. The molecule has 2 aliphatic rings. The summed E-state index contributed by atoms with van der Waals surface area (Å²) in [5.74, 6) is -0.496. The van der Waals surface area contributed by atoms with Gasteiger partial charge in [-0.3, -0.25) is 24.1 Å². The van der Waals surface area contributed by atoms with Gasteiger partial charge in [-0.1, -0.05) is 45.1 Å². The third-order valence-electron chi connectivity index (χ3n) is 6.73. The van der Waals surface area contributed by atoms with Gasteiger partial charge >= 0.3 is 0 Å². The Labute approximate surface area is 207 Å². The van der Waals surface area contributed by atoms with Crippen molar-refractivity contribution in [3.8, 4) is 5.75 Å². The van der Waals surface area contributed by atoms with Crippen LogP contribution in [0.15, 0.2) is 36.4 Å². The number of nitrogens with zero attached hydrogens (tertiary/aromatic N) is 2. The molecule has 4 amide bonds. The van der Waals surface area contributed by atoms with E-state index in [4.69, 9.17) is 4.74 Å². The number of methoxy groups -OCH3 is 1. The molecule has 3 atom stereocenters. The summed E-state index contributed by atoms with van der Waals surface area (Å²) in [5, 5.41) is 2.94. The second kappa shape index (κ2) is 12.0. The van der Waals surface area contributed by atoms with E-state index in [1.807, 2.05) is 57.2 Å². The Kier molecular flexibility index (Phi) is 9.07. The van der Waals surface area contributed by atoms with Gasteiger partial charge in [0, 0.05) is 26.1 Å². The zero-order valence-electron chi connectivity index (χ0n) is 21.2. The molecule has 1 fully saturated rings. The molecule has 8 nitrogen and oxygen atoms in total. The van der Waals surface area contributed by atoms with E-state index >= 15 is 0 Å². The van der Waals surface area contributed by atoms with Crippen LogP contribution in [-0.4, -0.2) is 59.7 Å². The van der Waals surface area contributed by atoms with Crippen LogP contribution in [0.3, 0.4) is 0 Å². The van der Waals surface area contributed by atoms with Crippen molar-refractivity contribution >= 4 is 23.6 Å². The van der Waals surface area contributed by atoms with Gasteiger partial charge in [0.25, 0.3) is 0 Å². The fourth-order valence-corrected chi connectivity index (χ4v) is 4.71. The minimum Gasteiger partial charge on any atom is -0.497 e. The minimum absolute atomic E-state index is 0.0194. The second-order valence-electron chi connectivity index (χ2n) is 9.67. The Bertz CT molecular complexity index is 930. The zero-order chi connectivity index (χ0) is 25.5. The number of rotatable bonds is 11. The van der Waals surface area contributed by atoms with E-state index < -0.39 is 6.04 Å². The summed E-state index contributed by atoms with van der Waals surface area (Å²) in [6, 6.07) is 6.70. The summed E-state index contributed by atoms with van der Waals surface area (Å²) in [5.41, 5.74) is 0.861. The highest BCUT2D eigenvalue weighted by atomic mass is 16.5. The lowest BCUT2D eigenvalue weighted by atomic mass is 9.85. The van der Waals surface area contributed by atoms with Gasteiger partial charge in [0.2, 0.25) is 23.6 Å². The Balaban J connectivity index is 1.74. The first-order valence-electron chi connectivity index (χ1n) is 12.5. The quantitative estimate of drug-likeness (QED) is 0.386. The topological polar surface area (TPSA) is 96.0 Å². The second-order valence-corrected chi connectivity index (χ2v) is 9.67. The highest BCUT2D eigenvalue weighted by Gasteiger charge is 2.47. The van der Waals surface area contributed by atoms with E-state index in [0.29, 0.717) is 31.6 Å². The highest BCUT2D eigenvalue weighted by Crippen LogP contribution is 2.35. The van der Waals surface area contributed by atoms with E-state index in [1.165, 1.54) is 4.90 Å². The van der Waals surface area contributed by atoms with Gasteiger partial charge in [0.1, 0.15) is 11.8 Å². The first-order chi connectivity index (χ1) is 16.8. The molecule has 0 spiro atoms. The molecule has 1 saturated heterocycles. The smallest absolute Gasteiger partial charge is 0.242 e. The van der Waals surface area contributed by atoms with Crippen LogP contribution in [-0.2, 0) is 25.7 Å². The third-order valence-corrected chi connectivity index (χ3v) is 6.73. The first-order valence-corrected chi connectivity index (χ1v) is 12.5. The van der Waals surface area contributed by atoms with Crippen LogP contribution in [0.1, 0.15) is 52.0 Å². The Morgan fingerprint density at radius 1 is 1.09 bits per heavy atom. The van der Waals surface area contributed by atoms with Crippen molar-refractivity contribution in [2.75, 3.05) is 20.2 Å². The Morgan fingerprint density at radius 2 is 1.69 bits per heavy atom. The van der Waals surface area contributed by atoms with E-state index in [1.54, 1.807) is 12.0 Å². The molecular weight excluding hydrogens is 446 g/mol. The number of imide groups is 1. The molecule has 8 heteroatoms. The van der Waals surface area contributed by atoms with Gasteiger partial charge in [-0.15, -0.1) is 0 Å². The summed E-state index contributed by atoms with van der Waals surface area (Å²) in [4.78, 5) is 54.9. The van der Waals surface area contributed by atoms with E-state index in [9.17, 15) is 19.2 Å². The summed E-state index contributed by atoms with van der Waals surface area (Å²) in [6.07, 6.45) is 5.45. The predicted molar refractivity (Wildman–Crippen MR) is 132 cm³/mol. The molecule has 1 heterocycles. The van der Waals surface area contributed by atoms with Crippen LogP contribution in [0.2, 0.25) is 0 Å². The maximum atomic E-state index is 13.5. The normalized spacial score (nSPS) is 20.1. The zero-order valence-corrected chi connectivity index (χ0v) is 21.2. The van der Waals surface area contributed by atoms with Crippen molar-refractivity contribution in [3.63, 3.8) is 0 Å². The Morgan fingerprint density at radius 3 is 2.20 bits per heavy atom. The number of hydrogen-bond donors (Lipinski definition) is 1. The molecule has 0 saturated carbocycles. The fourth-order valence-electron chi connectivity index (χ4n) is 4.71. The average Bonchev–Trinajstić information content (AvgIpc) is 3.10. The SMILES string of the molecule is CC[C@H](C(=O)NCC(C)C)N(Cc1ccc(OC)cc1)C(=O)CCN1C(=O)[C@H]2CC=CC[C@H]2C1=O. The summed E-state index contributed by atoms with van der Waals surface area (Å²) in [6.45, 7) is 6.70. The lowest BCUT2D eigenvalue weighted by Gasteiger charge is -2.31. The van der Waals surface area contributed by atoms with Crippen LogP contribution < -0.4 is 10.1 Å². The Hall–Kier alpha value is -3.16. The van der Waals surface area contributed by atoms with Gasteiger partial charge in [0.15, 0.2) is 0 Å². The molecule has 190 valence electrons. The van der Waals surface area contributed by atoms with Crippen molar-refractivity contribution in [3.05, 3.63) is 42.0 Å². The van der Waals surface area contributed by atoms with E-state index in [0.717, 1.165) is 5.56 Å². The third kappa shape index (κ3) is 6.29. The van der Waals surface area contributed by atoms with Gasteiger partial charge in [0.05, 0.1) is 18.9 Å². The predicted octanol–water partition coefficient (Wildman–Crippen LogP) is 2.92. The van der Waals surface area contributed by atoms with Crippen LogP contribution >= 0.6 is 0 Å². The number of ether oxygens (including phenoxy) is 1. The van der Waals surface area contributed by atoms with E-state index in [2.05, 4.69) is 5.32 Å². The molecule has 0 aromatic heterocycles. The van der Waals surface area contributed by atoms with Crippen LogP contribution in [0.5, 0.6) is 5.75 Å². The molecule has 1 aromatic carbocycles. The largest absolute Gasteiger partial charge is 0.497 e. The molecule has 3 rings (SSSR count). The van der Waals surface area contributed by atoms with Crippen molar-refractivity contribution in [2.24, 2.45) is 17.8 Å². The summed E-state index contributed by atoms with van der Waals surface area (Å²) < 4.78 is 5.22. The number of nitrogens with one attached hydrogen (secondary N) is 1. The molecule has 1 aliphatic carbocycles. The monoisotopic (exact) mass is 483 g/mol. The van der Waals surface area contributed by atoms with Crippen molar-refractivity contribution in [1.29, 1.82) is 0 Å². The molecule has 0 bridgehead atoms. The number of carbonyl (C=O) groups is 4. The summed E-state index contributed by atoms with van der Waals surface area (Å²) >= 11 is 0. The molecule has 0 radical (unpaired) electrons. The molecular formula is C27H37N3O5. The number of carbonyl (C=O) groups excluding carboxylic acids is 4. The number of benzene rings is 1. The van der Waals surface area contributed by atoms with Crippen molar-refractivity contribution in [1.82, 2.24) is 15.1 Å². The van der Waals surface area contributed by atoms with Gasteiger partial charge in [-0.2, -0.15) is 0 Å². The average molecular weight is 484 g/mol. The number of hydrogen-bond acceptors (Lipinski definition) is 5. The standard InChI is InChI=1S/C27H37N3O5/c1-5-23(25(32)28-16-18(2)3)30(17-19-10-12-20(35-4)13-11-19)24(31)14-15-29-26(33)21-8-6-7-9-22(21)27(29)34/h6-7,10-13,18,21-23H,5,8-9,14-17H2,1-4H3,(H,28,32)/t21-,22+,23-/m1/s1. The molecule has 1 N–H and O–H groups in total. The maximum Gasteiger partial charge on any atom is 0.242 e. The molecule has 35 heavy (non-hydrogen) atoms. The van der Waals surface area contributed by atoms with Crippen LogP contribution in [0.25, 0.3) is 0 Å². The van der Waals surface area contributed by atoms with Crippen molar-refractivity contribution in [2.45, 2.75) is 59.0 Å². The van der Waals surface area contributed by atoms with Gasteiger partial charge < -0.3 is 15.0 Å². The van der Waals surface area contributed by atoms with E-state index in [-0.39, 0.29) is 60.9 Å². The van der Waals surface area contributed by atoms with Crippen LogP contribution in [0.4, 0.5) is 0 Å². The molecule has 0 unspecified atom stereocenters. The minimum atomic E-state index is -0.653. The maximum absolute atomic E-state index is 13.5. The lowest BCUT2D eigenvalue weighted by Crippen LogP contribution is -2.50. The number of allylic oxidation sites excluding steroid dienone is 2. The molecule has 1 aromatic rings. The number of fused-ring (bicyclic) bond motifs is 1. The first kappa shape index (κ1) is 26.4. The number of likely N-dealkylation sites (tertiary alicyclic amines) is 1. The number of amides is 4. The lowest BCUT2D eigenvalue weighted by molar-refractivity contribution is -0.144. The highest BCUT2D eigenvalue weighted by molar-refractivity contribution is 6.05. The van der Waals surface area contributed by atoms with Gasteiger partial charge in [-0.25, -0.2) is 0 Å². The fraction of sp³-hybridized carbons (Fsp3) is 0.556. The van der Waals surface area contributed by atoms with Crippen LogP contribution in [0, 0.1) is 17.8 Å². The van der Waals surface area contributed by atoms with Gasteiger partial charge in [-0.05, 0) is 42.9 Å².